The molecule has 1 aromatic carbocycles. The average molecular weight is 262 g/mol. The summed E-state index contributed by atoms with van der Waals surface area (Å²) in [4.78, 5) is 25.4. The molecule has 1 aliphatic heterocycles. The smallest absolute Gasteiger partial charge is 0.310 e. The minimum Gasteiger partial charge on any atom is -0.469 e. The summed E-state index contributed by atoms with van der Waals surface area (Å²) < 4.78 is 4.71. The molecule has 0 radical (unpaired) electrons. The molecule has 0 aromatic heterocycles. The first kappa shape index (κ1) is 13.4. The van der Waals surface area contributed by atoms with E-state index in [1.807, 2.05) is 6.92 Å². The molecule has 5 heteroatoms. The predicted octanol–water partition coefficient (Wildman–Crippen LogP) is 1.21. The molecule has 2 rings (SSSR count). The van der Waals surface area contributed by atoms with E-state index in [2.05, 4.69) is 0 Å². The number of amides is 1. The molecule has 2 N–H and O–H groups in total. The Kier molecular flexibility index (Phi) is 3.74. The summed E-state index contributed by atoms with van der Waals surface area (Å²) in [7, 11) is 1.37. The Morgan fingerprint density at radius 2 is 2.16 bits per heavy atom. The van der Waals surface area contributed by atoms with Gasteiger partial charge < -0.3 is 15.4 Å². The zero-order valence-electron chi connectivity index (χ0n) is 11.2. The second-order valence-electron chi connectivity index (χ2n) is 4.83. The van der Waals surface area contributed by atoms with Crippen LogP contribution in [0.15, 0.2) is 18.2 Å². The van der Waals surface area contributed by atoms with Crippen molar-refractivity contribution < 1.29 is 14.3 Å². The van der Waals surface area contributed by atoms with E-state index in [0.29, 0.717) is 30.8 Å². The lowest BCUT2D eigenvalue weighted by Crippen LogP contribution is -2.30. The number of nitrogen functional groups attached to an aromatic ring is 1. The van der Waals surface area contributed by atoms with Gasteiger partial charge in [0.2, 0.25) is 0 Å². The largest absolute Gasteiger partial charge is 0.469 e. The Bertz CT molecular complexity index is 513. The number of nitrogens with two attached hydrogens (primary N) is 1. The Morgan fingerprint density at radius 3 is 2.79 bits per heavy atom. The van der Waals surface area contributed by atoms with Crippen molar-refractivity contribution in [3.05, 3.63) is 29.3 Å². The minimum atomic E-state index is -0.246. The summed E-state index contributed by atoms with van der Waals surface area (Å²) in [5.74, 6) is -0.512. The summed E-state index contributed by atoms with van der Waals surface area (Å²) in [6.45, 7) is 2.88. The number of benzene rings is 1. The van der Waals surface area contributed by atoms with Gasteiger partial charge in [-0.05, 0) is 37.1 Å². The fourth-order valence-corrected chi connectivity index (χ4v) is 2.30. The molecule has 19 heavy (non-hydrogen) atoms. The third-order valence-electron chi connectivity index (χ3n) is 3.53. The molecular formula is C14H18N2O3. The standard InChI is InChI=1S/C14H18N2O3/c1-9-7-10(3-4-12(9)15)13(17)16-6-5-11(8-16)14(18)19-2/h3-4,7,11H,5-6,8,15H2,1-2H3. The van der Waals surface area contributed by atoms with E-state index in [4.69, 9.17) is 10.5 Å². The van der Waals surface area contributed by atoms with Crippen LogP contribution in [0.2, 0.25) is 0 Å². The number of ether oxygens (including phenoxy) is 1. The molecule has 1 aromatic rings. The SMILES string of the molecule is COC(=O)C1CCN(C(=O)c2ccc(N)c(C)c2)C1. The third kappa shape index (κ3) is 2.70. The maximum atomic E-state index is 12.3. The van der Waals surface area contributed by atoms with Gasteiger partial charge in [0.1, 0.15) is 0 Å². The molecule has 1 amide bonds. The number of nitrogens with zero attached hydrogens (tertiary/aromatic N) is 1. The summed E-state index contributed by atoms with van der Waals surface area (Å²) >= 11 is 0. The number of carbonyl (C=O) groups excluding carboxylic acids is 2. The van der Waals surface area contributed by atoms with Gasteiger partial charge in [-0.25, -0.2) is 0 Å². The number of carbonyl (C=O) groups is 2. The van der Waals surface area contributed by atoms with Gasteiger partial charge in [-0.1, -0.05) is 0 Å². The van der Waals surface area contributed by atoms with Crippen molar-refractivity contribution in [1.29, 1.82) is 0 Å². The number of aryl methyl sites for hydroxylation is 1. The van der Waals surface area contributed by atoms with Crippen LogP contribution in [0.25, 0.3) is 0 Å². The fraction of sp³-hybridized carbons (Fsp3) is 0.429. The van der Waals surface area contributed by atoms with Crippen LogP contribution in [0.1, 0.15) is 22.3 Å². The van der Waals surface area contributed by atoms with Crippen molar-refractivity contribution in [1.82, 2.24) is 4.90 Å². The van der Waals surface area contributed by atoms with E-state index in [-0.39, 0.29) is 17.8 Å². The monoisotopic (exact) mass is 262 g/mol. The fourth-order valence-electron chi connectivity index (χ4n) is 2.30. The van der Waals surface area contributed by atoms with Crippen molar-refractivity contribution in [2.45, 2.75) is 13.3 Å². The molecular weight excluding hydrogens is 244 g/mol. The highest BCUT2D eigenvalue weighted by Gasteiger charge is 2.32. The molecule has 1 fully saturated rings. The Balaban J connectivity index is 2.09. The van der Waals surface area contributed by atoms with Crippen molar-refractivity contribution in [2.75, 3.05) is 25.9 Å². The molecule has 0 spiro atoms. The quantitative estimate of drug-likeness (QED) is 0.642. The zero-order valence-corrected chi connectivity index (χ0v) is 11.2. The van der Waals surface area contributed by atoms with Gasteiger partial charge in [0.15, 0.2) is 0 Å². The van der Waals surface area contributed by atoms with Gasteiger partial charge in [-0.2, -0.15) is 0 Å². The van der Waals surface area contributed by atoms with E-state index >= 15 is 0 Å². The second-order valence-corrected chi connectivity index (χ2v) is 4.83. The lowest BCUT2D eigenvalue weighted by atomic mass is 10.1. The Hall–Kier alpha value is -2.04. The Labute approximate surface area is 112 Å². The maximum absolute atomic E-state index is 12.3. The van der Waals surface area contributed by atoms with Gasteiger partial charge in [0.25, 0.3) is 5.91 Å². The molecule has 0 saturated carbocycles. The van der Waals surface area contributed by atoms with Gasteiger partial charge in [-0.15, -0.1) is 0 Å². The molecule has 1 atom stereocenters. The van der Waals surface area contributed by atoms with Gasteiger partial charge in [0, 0.05) is 24.3 Å². The van der Waals surface area contributed by atoms with E-state index in [9.17, 15) is 9.59 Å². The van der Waals surface area contributed by atoms with Crippen molar-refractivity contribution >= 4 is 17.6 Å². The Morgan fingerprint density at radius 1 is 1.42 bits per heavy atom. The molecule has 102 valence electrons. The highest BCUT2D eigenvalue weighted by atomic mass is 16.5. The van der Waals surface area contributed by atoms with Crippen LogP contribution in [0.3, 0.4) is 0 Å². The molecule has 1 unspecified atom stereocenters. The summed E-state index contributed by atoms with van der Waals surface area (Å²) in [6, 6.07) is 5.23. The average Bonchev–Trinajstić information content (AvgIpc) is 2.89. The molecule has 0 bridgehead atoms. The van der Waals surface area contributed by atoms with Crippen LogP contribution >= 0.6 is 0 Å². The molecule has 0 aliphatic carbocycles. The molecule has 1 saturated heterocycles. The second kappa shape index (κ2) is 5.30. The van der Waals surface area contributed by atoms with Crippen LogP contribution in [-0.2, 0) is 9.53 Å². The highest BCUT2D eigenvalue weighted by molar-refractivity contribution is 5.95. The number of esters is 1. The van der Waals surface area contributed by atoms with E-state index in [1.165, 1.54) is 7.11 Å². The van der Waals surface area contributed by atoms with Crippen molar-refractivity contribution in [3.8, 4) is 0 Å². The summed E-state index contributed by atoms with van der Waals surface area (Å²) in [5.41, 5.74) is 7.90. The lowest BCUT2D eigenvalue weighted by molar-refractivity contribution is -0.144. The zero-order chi connectivity index (χ0) is 14.0. The first-order valence-corrected chi connectivity index (χ1v) is 6.26. The molecule has 5 nitrogen and oxygen atoms in total. The number of methoxy groups -OCH3 is 1. The number of hydrogen-bond donors (Lipinski definition) is 1. The third-order valence-corrected chi connectivity index (χ3v) is 3.53. The summed E-state index contributed by atoms with van der Waals surface area (Å²) in [5, 5.41) is 0. The van der Waals surface area contributed by atoms with Gasteiger partial charge >= 0.3 is 5.97 Å². The van der Waals surface area contributed by atoms with E-state index in [1.54, 1.807) is 23.1 Å². The number of rotatable bonds is 2. The predicted molar refractivity (Wildman–Crippen MR) is 71.6 cm³/mol. The molecule has 1 aliphatic rings. The van der Waals surface area contributed by atoms with Crippen LogP contribution in [0.5, 0.6) is 0 Å². The topological polar surface area (TPSA) is 72.6 Å². The van der Waals surface area contributed by atoms with E-state index in [0.717, 1.165) is 5.56 Å². The normalized spacial score (nSPS) is 18.4. The van der Waals surface area contributed by atoms with Crippen LogP contribution in [0, 0.1) is 12.8 Å². The van der Waals surface area contributed by atoms with Crippen molar-refractivity contribution in [2.24, 2.45) is 5.92 Å². The van der Waals surface area contributed by atoms with Gasteiger partial charge in [-0.3, -0.25) is 9.59 Å². The number of hydrogen-bond acceptors (Lipinski definition) is 4. The maximum Gasteiger partial charge on any atom is 0.310 e. The van der Waals surface area contributed by atoms with Crippen LogP contribution in [-0.4, -0.2) is 37.0 Å². The highest BCUT2D eigenvalue weighted by Crippen LogP contribution is 2.21. The number of likely N-dealkylation sites (tertiary alicyclic amines) is 1. The minimum absolute atomic E-state index is 0.0606. The van der Waals surface area contributed by atoms with E-state index < -0.39 is 0 Å². The lowest BCUT2D eigenvalue weighted by Gasteiger charge is -2.16. The van der Waals surface area contributed by atoms with Crippen molar-refractivity contribution in [3.63, 3.8) is 0 Å². The van der Waals surface area contributed by atoms with Gasteiger partial charge in [0.05, 0.1) is 13.0 Å². The van der Waals surface area contributed by atoms with Crippen LogP contribution < -0.4 is 5.73 Å². The summed E-state index contributed by atoms with van der Waals surface area (Å²) in [6.07, 6.45) is 0.659. The first-order chi connectivity index (χ1) is 9.02. The van der Waals surface area contributed by atoms with Crippen LogP contribution in [0.4, 0.5) is 5.69 Å². The molecule has 1 heterocycles. The first-order valence-electron chi connectivity index (χ1n) is 6.26. The number of anilines is 1.